The first-order chi connectivity index (χ1) is 16.3. The molecule has 1 amide bonds. The number of nitrogens with one attached hydrogen (secondary N) is 1. The summed E-state index contributed by atoms with van der Waals surface area (Å²) in [6.45, 7) is 0.250. The number of furan rings is 1. The Kier molecular flexibility index (Phi) is 6.80. The minimum atomic E-state index is -0.561. The smallest absolute Gasteiger partial charge is 0.292 e. The molecule has 0 aliphatic rings. The van der Waals surface area contributed by atoms with Crippen LogP contribution in [-0.2, 0) is 13.2 Å². The number of hydrogen-bond acceptors (Lipinski definition) is 6. The van der Waals surface area contributed by atoms with Gasteiger partial charge in [-0.3, -0.25) is 19.6 Å². The summed E-state index contributed by atoms with van der Waals surface area (Å²) in [5.41, 5.74) is 0.519. The zero-order valence-electron chi connectivity index (χ0n) is 17.2. The first kappa shape index (κ1) is 23.3. The minimum Gasteiger partial charge on any atom is -0.484 e. The Balaban J connectivity index is 1.34. The highest BCUT2D eigenvalue weighted by atomic mass is 35.5. The van der Waals surface area contributed by atoms with E-state index in [0.29, 0.717) is 17.9 Å². The zero-order chi connectivity index (χ0) is 24.2. The first-order valence-electron chi connectivity index (χ1n) is 9.72. The number of hydrogen-bond donors (Lipinski definition) is 1. The molecule has 1 N–H and O–H groups in total. The van der Waals surface area contributed by atoms with E-state index in [1.807, 2.05) is 0 Å². The van der Waals surface area contributed by atoms with Crippen LogP contribution in [0, 0.1) is 15.9 Å². The second-order valence-electron chi connectivity index (χ2n) is 7.01. The van der Waals surface area contributed by atoms with Crippen molar-refractivity contribution < 1.29 is 23.3 Å². The van der Waals surface area contributed by atoms with Gasteiger partial charge in [0.05, 0.1) is 16.5 Å². The lowest BCUT2D eigenvalue weighted by Crippen LogP contribution is -2.12. The molecular weight excluding hydrogens is 490 g/mol. The van der Waals surface area contributed by atoms with E-state index in [9.17, 15) is 19.3 Å². The Morgan fingerprint density at radius 2 is 1.97 bits per heavy atom. The highest BCUT2D eigenvalue weighted by Gasteiger charge is 2.15. The second-order valence-corrected chi connectivity index (χ2v) is 7.83. The van der Waals surface area contributed by atoms with Crippen molar-refractivity contribution in [2.75, 3.05) is 5.32 Å². The largest absolute Gasteiger partial charge is 0.484 e. The van der Waals surface area contributed by atoms with Crippen molar-refractivity contribution in [2.24, 2.45) is 0 Å². The molecule has 2 aromatic carbocycles. The van der Waals surface area contributed by atoms with Crippen LogP contribution in [0.3, 0.4) is 0 Å². The predicted octanol–water partition coefficient (Wildman–Crippen LogP) is 5.71. The van der Waals surface area contributed by atoms with Crippen molar-refractivity contribution in [2.45, 2.75) is 13.2 Å². The number of aromatic nitrogens is 2. The maximum absolute atomic E-state index is 13.2. The van der Waals surface area contributed by atoms with Gasteiger partial charge in [0.2, 0.25) is 0 Å². The molecule has 0 radical (unpaired) electrons. The number of anilines is 1. The average molecular weight is 505 g/mol. The third-order valence-corrected chi connectivity index (χ3v) is 5.26. The van der Waals surface area contributed by atoms with Crippen LogP contribution in [-0.4, -0.2) is 20.6 Å². The molecule has 4 rings (SSSR count). The SMILES string of the molecule is O=C(Nc1ccn(Cc2ccc(F)cc2Cl)n1)c1ccc(COc2ccc([N+](=O)[O-])cc2Cl)o1. The van der Waals surface area contributed by atoms with Crippen LogP contribution in [0.25, 0.3) is 0 Å². The fourth-order valence-electron chi connectivity index (χ4n) is 2.97. The van der Waals surface area contributed by atoms with E-state index in [1.165, 1.54) is 36.4 Å². The van der Waals surface area contributed by atoms with Gasteiger partial charge in [0.15, 0.2) is 11.6 Å². The summed E-state index contributed by atoms with van der Waals surface area (Å²) in [7, 11) is 0. The summed E-state index contributed by atoms with van der Waals surface area (Å²) in [6, 6.07) is 12.5. The van der Waals surface area contributed by atoms with E-state index in [0.717, 1.165) is 0 Å². The summed E-state index contributed by atoms with van der Waals surface area (Å²) in [4.78, 5) is 22.7. The number of benzene rings is 2. The molecule has 0 aliphatic carbocycles. The van der Waals surface area contributed by atoms with E-state index < -0.39 is 16.6 Å². The van der Waals surface area contributed by atoms with Crippen molar-refractivity contribution in [3.8, 4) is 5.75 Å². The lowest BCUT2D eigenvalue weighted by atomic mass is 10.2. The highest BCUT2D eigenvalue weighted by molar-refractivity contribution is 6.32. The number of nitro groups is 1. The van der Waals surface area contributed by atoms with Gasteiger partial charge < -0.3 is 14.5 Å². The Bertz CT molecular complexity index is 1370. The van der Waals surface area contributed by atoms with Crippen LogP contribution >= 0.6 is 23.2 Å². The van der Waals surface area contributed by atoms with E-state index in [1.54, 1.807) is 29.1 Å². The average Bonchev–Trinajstić information content (AvgIpc) is 3.44. The predicted molar refractivity (Wildman–Crippen MR) is 122 cm³/mol. The fraction of sp³-hybridized carbons (Fsp3) is 0.0909. The van der Waals surface area contributed by atoms with Gasteiger partial charge in [-0.1, -0.05) is 29.3 Å². The molecule has 2 aromatic heterocycles. The summed E-state index contributed by atoms with van der Waals surface area (Å²) in [6.07, 6.45) is 1.64. The van der Waals surface area contributed by atoms with Crippen LogP contribution in [0.2, 0.25) is 10.0 Å². The Morgan fingerprint density at radius 1 is 1.15 bits per heavy atom. The van der Waals surface area contributed by atoms with Crippen LogP contribution in [0.15, 0.2) is 65.2 Å². The maximum atomic E-state index is 13.2. The molecular formula is C22H15Cl2FN4O5. The molecule has 4 aromatic rings. The monoisotopic (exact) mass is 504 g/mol. The van der Waals surface area contributed by atoms with Crippen molar-refractivity contribution in [1.82, 2.24) is 9.78 Å². The zero-order valence-corrected chi connectivity index (χ0v) is 18.7. The van der Waals surface area contributed by atoms with Crippen LogP contribution in [0.1, 0.15) is 21.9 Å². The van der Waals surface area contributed by atoms with Gasteiger partial charge in [-0.15, -0.1) is 0 Å². The Morgan fingerprint density at radius 3 is 2.71 bits per heavy atom. The van der Waals surface area contributed by atoms with E-state index >= 15 is 0 Å². The Labute approximate surface area is 201 Å². The quantitative estimate of drug-likeness (QED) is 0.243. The molecule has 0 atom stereocenters. The molecule has 12 heteroatoms. The first-order valence-corrected chi connectivity index (χ1v) is 10.5. The molecule has 0 fully saturated rings. The number of non-ortho nitro benzene ring substituents is 1. The molecule has 0 aliphatic heterocycles. The van der Waals surface area contributed by atoms with E-state index in [-0.39, 0.29) is 39.7 Å². The van der Waals surface area contributed by atoms with Crippen LogP contribution in [0.4, 0.5) is 15.9 Å². The van der Waals surface area contributed by atoms with Crippen LogP contribution in [0.5, 0.6) is 5.75 Å². The van der Waals surface area contributed by atoms with Crippen LogP contribution < -0.4 is 10.1 Å². The molecule has 9 nitrogen and oxygen atoms in total. The third-order valence-electron chi connectivity index (χ3n) is 4.61. The summed E-state index contributed by atoms with van der Waals surface area (Å²) >= 11 is 12.0. The number of carbonyl (C=O) groups is 1. The standard InChI is InChI=1S/C22H15Cl2FN4O5/c23-17-9-14(25)2-1-13(17)11-28-8-7-21(27-28)26-22(30)20-6-4-16(34-20)12-33-19-5-3-15(29(31)32)10-18(19)24/h1-10H,11-12H2,(H,26,27,30). The van der Waals surface area contributed by atoms with Gasteiger partial charge in [-0.2, -0.15) is 5.10 Å². The third kappa shape index (κ3) is 5.53. The number of ether oxygens (including phenoxy) is 1. The summed E-state index contributed by atoms with van der Waals surface area (Å²) in [5, 5.41) is 18.0. The number of nitrogens with zero attached hydrogens (tertiary/aromatic N) is 3. The van der Waals surface area contributed by atoms with Crippen molar-refractivity contribution >= 4 is 40.6 Å². The molecule has 0 unspecified atom stereocenters. The molecule has 2 heterocycles. The van der Waals surface area contributed by atoms with Gasteiger partial charge in [-0.25, -0.2) is 4.39 Å². The molecule has 174 valence electrons. The van der Waals surface area contributed by atoms with Crippen molar-refractivity contribution in [1.29, 1.82) is 0 Å². The molecule has 34 heavy (non-hydrogen) atoms. The lowest BCUT2D eigenvalue weighted by Gasteiger charge is -2.06. The number of amides is 1. The van der Waals surface area contributed by atoms with Gasteiger partial charge in [0.1, 0.15) is 23.9 Å². The van der Waals surface area contributed by atoms with E-state index in [4.69, 9.17) is 32.4 Å². The summed E-state index contributed by atoms with van der Waals surface area (Å²) < 4.78 is 25.7. The maximum Gasteiger partial charge on any atom is 0.292 e. The number of halogens is 3. The molecule has 0 spiro atoms. The van der Waals surface area contributed by atoms with Crippen molar-refractivity contribution in [3.63, 3.8) is 0 Å². The number of carbonyl (C=O) groups excluding carboxylic acids is 1. The molecule has 0 saturated carbocycles. The van der Waals surface area contributed by atoms with E-state index in [2.05, 4.69) is 10.4 Å². The second kappa shape index (κ2) is 9.94. The molecule has 0 saturated heterocycles. The topological polar surface area (TPSA) is 112 Å². The molecule has 0 bridgehead atoms. The minimum absolute atomic E-state index is 0.0320. The van der Waals surface area contributed by atoms with Gasteiger partial charge in [-0.05, 0) is 35.9 Å². The number of nitro benzene ring substituents is 1. The Hall–Kier alpha value is -3.89. The summed E-state index contributed by atoms with van der Waals surface area (Å²) in [5.74, 6) is -0.0527. The van der Waals surface area contributed by atoms with Gasteiger partial charge in [0, 0.05) is 29.4 Å². The normalized spacial score (nSPS) is 10.8. The van der Waals surface area contributed by atoms with Crippen molar-refractivity contribution in [3.05, 3.63) is 104 Å². The van der Waals surface area contributed by atoms with Gasteiger partial charge in [0.25, 0.3) is 11.6 Å². The van der Waals surface area contributed by atoms with Gasteiger partial charge >= 0.3 is 0 Å². The number of rotatable bonds is 8. The highest BCUT2D eigenvalue weighted by Crippen LogP contribution is 2.29. The lowest BCUT2D eigenvalue weighted by molar-refractivity contribution is -0.384. The fourth-order valence-corrected chi connectivity index (χ4v) is 3.42.